The van der Waals surface area contributed by atoms with Gasteiger partial charge in [-0.1, -0.05) is 128 Å². The van der Waals surface area contributed by atoms with E-state index in [0.717, 1.165) is 72.0 Å². The summed E-state index contributed by atoms with van der Waals surface area (Å²) in [7, 11) is 0. The Bertz CT molecular complexity index is 3230. The van der Waals surface area contributed by atoms with Crippen molar-refractivity contribution in [2.24, 2.45) is 0 Å². The van der Waals surface area contributed by atoms with Crippen LogP contribution in [0.4, 0.5) is 0 Å². The minimum Gasteiger partial charge on any atom is -0.503 e. The maximum absolute atomic E-state index is 6.64. The number of nitrogens with zero attached hydrogens (tertiary/aromatic N) is 5. The molecule has 260 valence electrons. The first-order chi connectivity index (χ1) is 25.9. The van der Waals surface area contributed by atoms with Crippen LogP contribution in [0.25, 0.3) is 88.2 Å². The van der Waals surface area contributed by atoms with E-state index in [1.165, 1.54) is 21.7 Å². The predicted octanol–water partition coefficient (Wildman–Crippen LogP) is 11.6. The standard InChI is InChI=1S/C47H31N5O.Pd/c1-47(2,3)38-23-25-49-46-40(38)36-17-10-16-34-33-22-20-31(27-39(33)51(46)43(34)36)53-30-19-21-32-35-18-11-24-48-44(35)52-42(29-14-8-5-9-15-29)41(28-12-6-4-7-13-28)50-45(52)37(32)26-30;/h4-25H,1-3H3;/q-2;+2. The summed E-state index contributed by atoms with van der Waals surface area (Å²) in [5, 5.41) is 7.58. The number of pyridine rings is 3. The van der Waals surface area contributed by atoms with Gasteiger partial charge in [-0.2, -0.15) is 6.07 Å². The molecule has 11 rings (SSSR count). The summed E-state index contributed by atoms with van der Waals surface area (Å²) in [6.45, 7) is 6.77. The molecular formula is C47H31N5OPd. The van der Waals surface area contributed by atoms with E-state index in [0.29, 0.717) is 11.5 Å². The van der Waals surface area contributed by atoms with Crippen LogP contribution >= 0.6 is 0 Å². The first-order valence-corrected chi connectivity index (χ1v) is 17.9. The SMILES string of the molecule is CC(C)(C)c1ccnc2c1c1cccc3c4ccc(Oc5[c-]c6c(cc5)c5cccnc5n5c(-c7ccccc7)c(-c7ccccc7)nc65)[c-]c4n2c31.[Pd+2]. The van der Waals surface area contributed by atoms with Crippen molar-refractivity contribution in [2.45, 2.75) is 26.2 Å². The van der Waals surface area contributed by atoms with Crippen LogP contribution < -0.4 is 4.74 Å². The van der Waals surface area contributed by atoms with E-state index < -0.39 is 0 Å². The molecule has 0 atom stereocenters. The molecule has 11 aromatic rings. The average molecular weight is 788 g/mol. The molecule has 5 aromatic carbocycles. The number of imidazole rings is 1. The molecule has 0 saturated heterocycles. The second-order valence-electron chi connectivity index (χ2n) is 14.7. The minimum absolute atomic E-state index is 0. The Morgan fingerprint density at radius 1 is 0.556 bits per heavy atom. The van der Waals surface area contributed by atoms with Gasteiger partial charge in [0.1, 0.15) is 11.3 Å². The van der Waals surface area contributed by atoms with Crippen LogP contribution in [0.1, 0.15) is 26.3 Å². The molecule has 0 saturated carbocycles. The molecule has 54 heavy (non-hydrogen) atoms. The zero-order valence-electron chi connectivity index (χ0n) is 29.7. The number of hydrogen-bond acceptors (Lipinski definition) is 4. The van der Waals surface area contributed by atoms with Gasteiger partial charge in [0.25, 0.3) is 0 Å². The molecule has 0 aliphatic heterocycles. The van der Waals surface area contributed by atoms with Crippen molar-refractivity contribution in [3.8, 4) is 34.0 Å². The van der Waals surface area contributed by atoms with Gasteiger partial charge in [0.15, 0.2) is 0 Å². The second kappa shape index (κ2) is 11.9. The number of rotatable bonds is 4. The Labute approximate surface area is 324 Å². The quantitative estimate of drug-likeness (QED) is 0.101. The first-order valence-electron chi connectivity index (χ1n) is 17.9. The molecule has 0 aliphatic rings. The fourth-order valence-corrected chi connectivity index (χ4v) is 8.25. The monoisotopic (exact) mass is 787 g/mol. The van der Waals surface area contributed by atoms with Crippen LogP contribution in [0.2, 0.25) is 0 Å². The van der Waals surface area contributed by atoms with Gasteiger partial charge in [-0.25, -0.2) is 9.97 Å². The number of hydrogen-bond donors (Lipinski definition) is 0. The van der Waals surface area contributed by atoms with Gasteiger partial charge in [0.05, 0.1) is 17.0 Å². The van der Waals surface area contributed by atoms with Gasteiger partial charge < -0.3 is 13.5 Å². The summed E-state index contributed by atoms with van der Waals surface area (Å²) in [5.41, 5.74) is 9.85. The van der Waals surface area contributed by atoms with E-state index in [1.54, 1.807) is 0 Å². The molecule has 0 N–H and O–H groups in total. The zero-order valence-corrected chi connectivity index (χ0v) is 31.2. The molecule has 0 spiro atoms. The van der Waals surface area contributed by atoms with Crippen LogP contribution in [-0.4, -0.2) is 23.8 Å². The Morgan fingerprint density at radius 3 is 2.02 bits per heavy atom. The molecule has 0 unspecified atom stereocenters. The van der Waals surface area contributed by atoms with E-state index in [9.17, 15) is 0 Å². The first kappa shape index (κ1) is 32.5. The third-order valence-electron chi connectivity index (χ3n) is 10.5. The minimum atomic E-state index is -0.0374. The van der Waals surface area contributed by atoms with Crippen LogP contribution in [0, 0.1) is 12.1 Å². The number of fused-ring (bicyclic) bond motifs is 12. The van der Waals surface area contributed by atoms with Crippen molar-refractivity contribution in [3.05, 3.63) is 151 Å². The molecule has 0 bridgehead atoms. The Hall–Kier alpha value is -6.13. The smallest absolute Gasteiger partial charge is 0.503 e. The maximum atomic E-state index is 6.64. The van der Waals surface area contributed by atoms with Crippen molar-refractivity contribution in [1.29, 1.82) is 0 Å². The molecular weight excluding hydrogens is 757 g/mol. The molecule has 0 radical (unpaired) electrons. The summed E-state index contributed by atoms with van der Waals surface area (Å²) in [6.07, 6.45) is 3.77. The molecule has 7 heteroatoms. The maximum Gasteiger partial charge on any atom is 2.00 e. The van der Waals surface area contributed by atoms with Gasteiger partial charge in [-0.15, -0.1) is 29.7 Å². The average Bonchev–Trinajstić information content (AvgIpc) is 3.86. The molecule has 0 fully saturated rings. The summed E-state index contributed by atoms with van der Waals surface area (Å²) in [6, 6.07) is 49.0. The normalized spacial score (nSPS) is 12.2. The summed E-state index contributed by atoms with van der Waals surface area (Å²) < 4.78 is 11.1. The van der Waals surface area contributed by atoms with Gasteiger partial charge >= 0.3 is 20.4 Å². The number of ether oxygens (including phenoxy) is 1. The molecule has 0 aliphatic carbocycles. The van der Waals surface area contributed by atoms with Gasteiger partial charge in [-0.3, -0.25) is 4.98 Å². The van der Waals surface area contributed by atoms with E-state index >= 15 is 0 Å². The fraction of sp³-hybridized carbons (Fsp3) is 0.0851. The third-order valence-corrected chi connectivity index (χ3v) is 10.5. The Morgan fingerprint density at radius 2 is 1.24 bits per heavy atom. The van der Waals surface area contributed by atoms with Gasteiger partial charge in [-0.05, 0) is 33.9 Å². The van der Waals surface area contributed by atoms with Crippen molar-refractivity contribution in [2.75, 3.05) is 0 Å². The van der Waals surface area contributed by atoms with E-state index in [4.69, 9.17) is 19.7 Å². The van der Waals surface area contributed by atoms with Crippen LogP contribution in [0.15, 0.2) is 134 Å². The fourth-order valence-electron chi connectivity index (χ4n) is 8.25. The summed E-state index contributed by atoms with van der Waals surface area (Å²) >= 11 is 0. The predicted molar refractivity (Wildman–Crippen MR) is 214 cm³/mol. The number of benzene rings is 5. The molecule has 0 amide bonds. The second-order valence-corrected chi connectivity index (χ2v) is 14.7. The van der Waals surface area contributed by atoms with Crippen molar-refractivity contribution in [1.82, 2.24) is 23.8 Å². The number of para-hydroxylation sites is 1. The molecule has 6 heterocycles. The van der Waals surface area contributed by atoms with Crippen LogP contribution in [0.3, 0.4) is 0 Å². The third kappa shape index (κ3) is 4.65. The van der Waals surface area contributed by atoms with E-state index in [2.05, 4.69) is 121 Å². The zero-order chi connectivity index (χ0) is 35.4. The van der Waals surface area contributed by atoms with Crippen LogP contribution in [0.5, 0.6) is 11.5 Å². The largest absolute Gasteiger partial charge is 2.00 e. The Kier molecular flexibility index (Phi) is 7.19. The van der Waals surface area contributed by atoms with Crippen molar-refractivity contribution < 1.29 is 25.2 Å². The van der Waals surface area contributed by atoms with E-state index in [1.807, 2.05) is 54.9 Å². The topological polar surface area (TPSA) is 56.7 Å². The van der Waals surface area contributed by atoms with E-state index in [-0.39, 0.29) is 25.8 Å². The summed E-state index contributed by atoms with van der Waals surface area (Å²) in [5.74, 6) is 1.18. The molecule has 6 nitrogen and oxygen atoms in total. The van der Waals surface area contributed by atoms with Gasteiger partial charge in [0.2, 0.25) is 0 Å². The van der Waals surface area contributed by atoms with Gasteiger partial charge in [0, 0.05) is 51.3 Å². The number of aromatic nitrogens is 5. The van der Waals surface area contributed by atoms with Crippen LogP contribution in [-0.2, 0) is 25.8 Å². The molecule has 6 aromatic heterocycles. The van der Waals surface area contributed by atoms with Crippen molar-refractivity contribution in [3.63, 3.8) is 0 Å². The summed E-state index contributed by atoms with van der Waals surface area (Å²) in [4.78, 5) is 15.2. The van der Waals surface area contributed by atoms with Crippen molar-refractivity contribution >= 4 is 65.7 Å². The Balaban J connectivity index is 0.00000361.